The Bertz CT molecular complexity index is 668. The summed E-state index contributed by atoms with van der Waals surface area (Å²) in [6.45, 7) is -1.06. The van der Waals surface area contributed by atoms with Crippen molar-refractivity contribution in [3.63, 3.8) is 0 Å². The van der Waals surface area contributed by atoms with Crippen molar-refractivity contribution in [1.29, 1.82) is 0 Å². The van der Waals surface area contributed by atoms with Crippen molar-refractivity contribution in [1.82, 2.24) is 15.2 Å². The summed E-state index contributed by atoms with van der Waals surface area (Å²) in [5.74, 6) is 0.730. The van der Waals surface area contributed by atoms with E-state index in [1.807, 2.05) is 29.1 Å². The van der Waals surface area contributed by atoms with Gasteiger partial charge in [0.25, 0.3) is 0 Å². The number of ether oxygens (including phenoxy) is 1. The van der Waals surface area contributed by atoms with E-state index in [9.17, 15) is 8.78 Å². The lowest BCUT2D eigenvalue weighted by molar-refractivity contribution is -0.0504. The van der Waals surface area contributed by atoms with Gasteiger partial charge in [0.15, 0.2) is 5.96 Å². The fraction of sp³-hybridized carbons (Fsp3) is 0.312. The lowest BCUT2D eigenvalue weighted by Crippen LogP contribution is -2.38. The van der Waals surface area contributed by atoms with Crippen LogP contribution in [-0.4, -0.2) is 30.7 Å². The van der Waals surface area contributed by atoms with Gasteiger partial charge in [-0.05, 0) is 30.3 Å². The summed E-state index contributed by atoms with van der Waals surface area (Å²) in [5.41, 5.74) is 0.609. The molecule has 9 heteroatoms. The number of rotatable bonds is 7. The number of hydrogen-bond acceptors (Lipinski definition) is 2. The standard InChI is InChI=1S/C16H19BrF2N4O.HI/c1-20-16(21-6-9-23-7-2-3-8-23)22-11-12-10-13(17)4-5-14(12)24-15(18)19;/h2-5,7-8,10,15H,6,9,11H2,1H3,(H2,20,21,22);1H. The third-order valence-corrected chi connectivity index (χ3v) is 3.73. The van der Waals surface area contributed by atoms with Gasteiger partial charge >= 0.3 is 6.61 Å². The van der Waals surface area contributed by atoms with Crippen molar-refractivity contribution in [2.24, 2.45) is 4.99 Å². The number of aromatic nitrogens is 1. The fourth-order valence-electron chi connectivity index (χ4n) is 2.12. The topological polar surface area (TPSA) is 50.6 Å². The molecule has 0 radical (unpaired) electrons. The molecule has 1 heterocycles. The van der Waals surface area contributed by atoms with E-state index < -0.39 is 6.61 Å². The maximum Gasteiger partial charge on any atom is 0.387 e. The second-order valence-electron chi connectivity index (χ2n) is 4.90. The van der Waals surface area contributed by atoms with E-state index in [-0.39, 0.29) is 29.7 Å². The van der Waals surface area contributed by atoms with Crippen LogP contribution in [0.4, 0.5) is 8.78 Å². The van der Waals surface area contributed by atoms with Gasteiger partial charge in [0.1, 0.15) is 5.75 Å². The number of benzene rings is 1. The van der Waals surface area contributed by atoms with Gasteiger partial charge in [0.05, 0.1) is 0 Å². The third kappa shape index (κ3) is 7.59. The first kappa shape index (κ1) is 21.7. The van der Waals surface area contributed by atoms with Gasteiger partial charge in [-0.2, -0.15) is 8.78 Å². The molecule has 1 aromatic carbocycles. The zero-order valence-electron chi connectivity index (χ0n) is 13.6. The minimum absolute atomic E-state index is 0. The Morgan fingerprint density at radius 1 is 1.28 bits per heavy atom. The highest BCUT2D eigenvalue weighted by Gasteiger charge is 2.10. The molecular weight excluding hydrogens is 509 g/mol. The largest absolute Gasteiger partial charge is 0.434 e. The van der Waals surface area contributed by atoms with Crippen LogP contribution in [0, 0.1) is 0 Å². The number of aliphatic imine (C=N–C) groups is 1. The van der Waals surface area contributed by atoms with Crippen LogP contribution in [0.25, 0.3) is 0 Å². The van der Waals surface area contributed by atoms with Crippen molar-refractivity contribution in [3.8, 4) is 5.75 Å². The van der Waals surface area contributed by atoms with Gasteiger partial charge in [0, 0.05) is 49.1 Å². The van der Waals surface area contributed by atoms with Gasteiger partial charge in [-0.3, -0.25) is 4.99 Å². The van der Waals surface area contributed by atoms with Crippen LogP contribution >= 0.6 is 39.9 Å². The number of hydrogen-bond donors (Lipinski definition) is 2. The zero-order valence-corrected chi connectivity index (χ0v) is 17.5. The quantitative estimate of drug-likeness (QED) is 0.326. The maximum absolute atomic E-state index is 12.5. The molecular formula is C16H20BrF2IN4O. The minimum atomic E-state index is -2.86. The summed E-state index contributed by atoms with van der Waals surface area (Å²) >= 11 is 3.33. The predicted molar refractivity (Wildman–Crippen MR) is 109 cm³/mol. The first-order valence-corrected chi connectivity index (χ1v) is 8.16. The van der Waals surface area contributed by atoms with Gasteiger partial charge < -0.3 is 19.9 Å². The van der Waals surface area contributed by atoms with E-state index in [1.165, 1.54) is 6.07 Å². The molecule has 0 aliphatic heterocycles. The molecule has 0 saturated heterocycles. The Labute approximate surface area is 171 Å². The van der Waals surface area contributed by atoms with E-state index in [2.05, 4.69) is 36.3 Å². The molecule has 1 aromatic heterocycles. The number of nitrogens with zero attached hydrogens (tertiary/aromatic N) is 2. The van der Waals surface area contributed by atoms with Crippen LogP contribution in [0.3, 0.4) is 0 Å². The fourth-order valence-corrected chi connectivity index (χ4v) is 2.53. The number of nitrogens with one attached hydrogen (secondary N) is 2. The molecule has 138 valence electrons. The average Bonchev–Trinajstić information content (AvgIpc) is 3.06. The SMILES string of the molecule is CN=C(NCCn1cccc1)NCc1cc(Br)ccc1OC(F)F.I. The van der Waals surface area contributed by atoms with Crippen LogP contribution in [0.1, 0.15) is 5.56 Å². The van der Waals surface area contributed by atoms with Crippen LogP contribution in [0.2, 0.25) is 0 Å². The van der Waals surface area contributed by atoms with Crippen molar-refractivity contribution in [2.45, 2.75) is 19.7 Å². The summed E-state index contributed by atoms with van der Waals surface area (Å²) in [7, 11) is 1.66. The van der Waals surface area contributed by atoms with Gasteiger partial charge in [0.2, 0.25) is 0 Å². The normalized spacial score (nSPS) is 11.2. The maximum atomic E-state index is 12.5. The van der Waals surface area contributed by atoms with E-state index in [1.54, 1.807) is 19.2 Å². The molecule has 0 amide bonds. The minimum Gasteiger partial charge on any atom is -0.434 e. The Morgan fingerprint density at radius 2 is 2.00 bits per heavy atom. The number of alkyl halides is 2. The zero-order chi connectivity index (χ0) is 17.4. The highest BCUT2D eigenvalue weighted by Crippen LogP contribution is 2.24. The number of guanidine groups is 1. The summed E-state index contributed by atoms with van der Waals surface area (Å²) in [4.78, 5) is 4.12. The Morgan fingerprint density at radius 3 is 2.64 bits per heavy atom. The molecule has 0 saturated carbocycles. The van der Waals surface area contributed by atoms with E-state index in [0.717, 1.165) is 11.0 Å². The molecule has 2 rings (SSSR count). The lowest BCUT2D eigenvalue weighted by atomic mass is 10.2. The molecule has 0 spiro atoms. The van der Waals surface area contributed by atoms with Crippen molar-refractivity contribution in [2.75, 3.05) is 13.6 Å². The average molecular weight is 529 g/mol. The highest BCUT2D eigenvalue weighted by atomic mass is 127. The second kappa shape index (κ2) is 11.3. The summed E-state index contributed by atoms with van der Waals surface area (Å²) in [5, 5.41) is 6.26. The first-order chi connectivity index (χ1) is 11.6. The Hall–Kier alpha value is -1.36. The van der Waals surface area contributed by atoms with Gasteiger partial charge in [-0.25, -0.2) is 0 Å². The molecule has 0 aliphatic carbocycles. The molecule has 0 aliphatic rings. The van der Waals surface area contributed by atoms with Gasteiger partial charge in [-0.15, -0.1) is 24.0 Å². The van der Waals surface area contributed by atoms with E-state index in [4.69, 9.17) is 0 Å². The van der Waals surface area contributed by atoms with Crippen LogP contribution in [-0.2, 0) is 13.1 Å². The van der Waals surface area contributed by atoms with Gasteiger partial charge in [-0.1, -0.05) is 15.9 Å². The summed E-state index contributed by atoms with van der Waals surface area (Å²) in [6.07, 6.45) is 3.96. The van der Waals surface area contributed by atoms with E-state index >= 15 is 0 Å². The monoisotopic (exact) mass is 528 g/mol. The predicted octanol–water partition coefficient (Wildman–Crippen LogP) is 3.84. The van der Waals surface area contributed by atoms with Crippen molar-refractivity contribution < 1.29 is 13.5 Å². The highest BCUT2D eigenvalue weighted by molar-refractivity contribution is 14.0. The smallest absolute Gasteiger partial charge is 0.387 e. The van der Waals surface area contributed by atoms with E-state index in [0.29, 0.717) is 24.6 Å². The summed E-state index contributed by atoms with van der Waals surface area (Å²) in [6, 6.07) is 8.83. The van der Waals surface area contributed by atoms with Crippen molar-refractivity contribution in [3.05, 3.63) is 52.8 Å². The molecule has 25 heavy (non-hydrogen) atoms. The molecule has 5 nitrogen and oxygen atoms in total. The molecule has 0 bridgehead atoms. The second-order valence-corrected chi connectivity index (χ2v) is 5.82. The molecule has 2 N–H and O–H groups in total. The molecule has 2 aromatic rings. The Kier molecular flexibility index (Phi) is 9.79. The van der Waals surface area contributed by atoms with Crippen molar-refractivity contribution >= 4 is 45.9 Å². The summed E-state index contributed by atoms with van der Waals surface area (Å²) < 4.78 is 32.3. The molecule has 0 unspecified atom stereocenters. The van der Waals surface area contributed by atoms with Crippen LogP contribution in [0.15, 0.2) is 52.2 Å². The molecule has 0 fully saturated rings. The van der Waals surface area contributed by atoms with Crippen LogP contribution in [0.5, 0.6) is 5.75 Å². The molecule has 0 atom stereocenters. The third-order valence-electron chi connectivity index (χ3n) is 3.24. The number of halogens is 4. The Balaban J connectivity index is 0.00000312. The lowest BCUT2D eigenvalue weighted by Gasteiger charge is -2.15. The van der Waals surface area contributed by atoms with Crippen LogP contribution < -0.4 is 15.4 Å². The first-order valence-electron chi connectivity index (χ1n) is 7.37.